The first-order chi connectivity index (χ1) is 13.8. The summed E-state index contributed by atoms with van der Waals surface area (Å²) in [5, 5.41) is 5.25. The third-order valence-electron chi connectivity index (χ3n) is 4.41. The Morgan fingerprint density at radius 3 is 1.93 bits per heavy atom. The van der Waals surface area contributed by atoms with Crippen LogP contribution in [0.15, 0.2) is 48.5 Å². The number of benzene rings is 2. The van der Waals surface area contributed by atoms with E-state index in [1.54, 1.807) is 12.1 Å². The summed E-state index contributed by atoms with van der Waals surface area (Å²) in [6.07, 6.45) is 0.409. The fourth-order valence-electron chi connectivity index (χ4n) is 2.88. The predicted octanol–water partition coefficient (Wildman–Crippen LogP) is 2.08. The van der Waals surface area contributed by atoms with E-state index in [4.69, 9.17) is 4.74 Å². The number of ether oxygens (including phenoxy) is 1. The third kappa shape index (κ3) is 7.03. The molecule has 0 aliphatic heterocycles. The second kappa shape index (κ2) is 10.4. The monoisotopic (exact) mass is 400 g/mol. The summed E-state index contributed by atoms with van der Waals surface area (Å²) in [6.45, 7) is 3.26. The number of aryl methyl sites for hydroxylation is 1. The molecule has 2 aromatic carbocycles. The number of halogens is 1. The summed E-state index contributed by atoms with van der Waals surface area (Å²) >= 11 is 0. The Hall–Kier alpha value is -3.22. The molecule has 2 atom stereocenters. The molecule has 0 saturated carbocycles. The highest BCUT2D eigenvalue weighted by Crippen LogP contribution is 2.10. The maximum absolute atomic E-state index is 13.1. The van der Waals surface area contributed by atoms with Crippen LogP contribution >= 0.6 is 0 Å². The third-order valence-corrected chi connectivity index (χ3v) is 4.41. The van der Waals surface area contributed by atoms with Gasteiger partial charge < -0.3 is 15.4 Å². The van der Waals surface area contributed by atoms with Crippen molar-refractivity contribution in [1.29, 1.82) is 0 Å². The van der Waals surface area contributed by atoms with Gasteiger partial charge in [0.2, 0.25) is 11.8 Å². The number of rotatable bonds is 8. The lowest BCUT2D eigenvalue weighted by Gasteiger charge is -2.22. The van der Waals surface area contributed by atoms with Gasteiger partial charge in [-0.25, -0.2) is 9.18 Å². The Bertz CT molecular complexity index is 850. The van der Waals surface area contributed by atoms with Crippen LogP contribution in [0.4, 0.5) is 4.39 Å². The topological polar surface area (TPSA) is 84.5 Å². The molecule has 6 nitrogen and oxygen atoms in total. The van der Waals surface area contributed by atoms with Crippen molar-refractivity contribution in [3.05, 3.63) is 71.0 Å². The lowest BCUT2D eigenvalue weighted by molar-refractivity contribution is -0.145. The minimum Gasteiger partial charge on any atom is -0.467 e. The number of nitrogens with one attached hydrogen (secondary N) is 2. The van der Waals surface area contributed by atoms with Gasteiger partial charge in [0.1, 0.15) is 17.9 Å². The first kappa shape index (κ1) is 22.1. The minimum absolute atomic E-state index is 0.157. The molecule has 2 amide bonds. The molecule has 0 aliphatic carbocycles. The van der Waals surface area contributed by atoms with Crippen molar-refractivity contribution in [2.75, 3.05) is 7.11 Å². The van der Waals surface area contributed by atoms with E-state index in [-0.39, 0.29) is 18.7 Å². The van der Waals surface area contributed by atoms with Gasteiger partial charge in [0.05, 0.1) is 7.11 Å². The number of esters is 1. The van der Waals surface area contributed by atoms with Crippen LogP contribution in [0.1, 0.15) is 23.6 Å². The standard InChI is InChI=1S/C22H25FN2O4/c1-14-4-6-16(7-5-14)13-20(22(28)29-3)25-21(27)19(24-15(2)26)12-17-8-10-18(23)11-9-17/h4-11,19-20H,12-13H2,1-3H3,(H,24,26)(H,25,27)/t19-,20+/m0/s1. The first-order valence-electron chi connectivity index (χ1n) is 9.23. The van der Waals surface area contributed by atoms with Gasteiger partial charge in [-0.3, -0.25) is 9.59 Å². The van der Waals surface area contributed by atoms with Gasteiger partial charge in [0, 0.05) is 19.8 Å². The Balaban J connectivity index is 2.15. The van der Waals surface area contributed by atoms with Gasteiger partial charge in [-0.2, -0.15) is 0 Å². The zero-order valence-corrected chi connectivity index (χ0v) is 16.7. The van der Waals surface area contributed by atoms with Crippen molar-refractivity contribution < 1.29 is 23.5 Å². The summed E-state index contributed by atoms with van der Waals surface area (Å²) in [7, 11) is 1.25. The molecule has 0 radical (unpaired) electrons. The highest BCUT2D eigenvalue weighted by atomic mass is 19.1. The fraction of sp³-hybridized carbons (Fsp3) is 0.318. The molecular formula is C22H25FN2O4. The molecule has 0 heterocycles. The van der Waals surface area contributed by atoms with Crippen LogP contribution < -0.4 is 10.6 Å². The maximum atomic E-state index is 13.1. The summed E-state index contributed by atoms with van der Waals surface area (Å²) in [6, 6.07) is 11.4. The molecule has 0 saturated heterocycles. The molecule has 0 fully saturated rings. The summed E-state index contributed by atoms with van der Waals surface area (Å²) < 4.78 is 17.9. The van der Waals surface area contributed by atoms with Crippen molar-refractivity contribution in [1.82, 2.24) is 10.6 Å². The molecule has 2 N–H and O–H groups in total. The minimum atomic E-state index is -0.914. The van der Waals surface area contributed by atoms with Gasteiger partial charge >= 0.3 is 5.97 Å². The SMILES string of the molecule is COC(=O)[C@@H](Cc1ccc(C)cc1)NC(=O)[C@H](Cc1ccc(F)cc1)NC(C)=O. The Morgan fingerprint density at radius 1 is 0.897 bits per heavy atom. The largest absolute Gasteiger partial charge is 0.467 e. The molecular weight excluding hydrogens is 375 g/mol. The van der Waals surface area contributed by atoms with E-state index < -0.39 is 29.8 Å². The summed E-state index contributed by atoms with van der Waals surface area (Å²) in [4.78, 5) is 36.6. The van der Waals surface area contributed by atoms with Crippen molar-refractivity contribution in [3.8, 4) is 0 Å². The highest BCUT2D eigenvalue weighted by molar-refractivity contribution is 5.90. The molecule has 2 aromatic rings. The van der Waals surface area contributed by atoms with Gasteiger partial charge in [0.25, 0.3) is 0 Å². The number of hydrogen-bond acceptors (Lipinski definition) is 4. The van der Waals surface area contributed by atoms with Crippen LogP contribution in [0.5, 0.6) is 0 Å². The van der Waals surface area contributed by atoms with Crippen LogP contribution in [0.25, 0.3) is 0 Å². The fourth-order valence-corrected chi connectivity index (χ4v) is 2.88. The Morgan fingerprint density at radius 2 is 1.41 bits per heavy atom. The first-order valence-corrected chi connectivity index (χ1v) is 9.23. The zero-order valence-electron chi connectivity index (χ0n) is 16.7. The second-order valence-electron chi connectivity index (χ2n) is 6.86. The molecule has 0 aromatic heterocycles. The molecule has 0 spiro atoms. The van der Waals surface area contributed by atoms with Crippen LogP contribution in [0.2, 0.25) is 0 Å². The lowest BCUT2D eigenvalue weighted by atomic mass is 10.0. The van der Waals surface area contributed by atoms with Gasteiger partial charge in [-0.1, -0.05) is 42.0 Å². The van der Waals surface area contributed by atoms with Gasteiger partial charge in [0.15, 0.2) is 0 Å². The molecule has 0 unspecified atom stereocenters. The van der Waals surface area contributed by atoms with Gasteiger partial charge in [-0.05, 0) is 30.2 Å². The number of hydrogen-bond donors (Lipinski definition) is 2. The number of carbonyl (C=O) groups excluding carboxylic acids is 3. The molecule has 2 rings (SSSR count). The van der Waals surface area contributed by atoms with Crippen LogP contribution in [-0.2, 0) is 32.0 Å². The van der Waals surface area contributed by atoms with E-state index in [1.165, 1.54) is 26.2 Å². The maximum Gasteiger partial charge on any atom is 0.328 e. The van der Waals surface area contributed by atoms with Crippen LogP contribution in [-0.4, -0.2) is 37.0 Å². The lowest BCUT2D eigenvalue weighted by Crippen LogP contribution is -2.53. The van der Waals surface area contributed by atoms with Crippen LogP contribution in [0, 0.1) is 12.7 Å². The van der Waals surface area contributed by atoms with E-state index >= 15 is 0 Å². The van der Waals surface area contributed by atoms with E-state index in [0.29, 0.717) is 5.56 Å². The van der Waals surface area contributed by atoms with Crippen molar-refractivity contribution in [3.63, 3.8) is 0 Å². The smallest absolute Gasteiger partial charge is 0.328 e. The average Bonchev–Trinajstić information content (AvgIpc) is 2.69. The zero-order chi connectivity index (χ0) is 21.4. The van der Waals surface area contributed by atoms with E-state index in [0.717, 1.165) is 11.1 Å². The van der Waals surface area contributed by atoms with Crippen molar-refractivity contribution in [2.45, 2.75) is 38.8 Å². The quantitative estimate of drug-likeness (QED) is 0.665. The summed E-state index contributed by atoms with van der Waals surface area (Å²) in [5.41, 5.74) is 2.62. The number of amides is 2. The highest BCUT2D eigenvalue weighted by Gasteiger charge is 2.27. The van der Waals surface area contributed by atoms with Gasteiger partial charge in [-0.15, -0.1) is 0 Å². The molecule has 154 valence electrons. The molecule has 29 heavy (non-hydrogen) atoms. The predicted molar refractivity (Wildman–Crippen MR) is 107 cm³/mol. The van der Waals surface area contributed by atoms with Crippen LogP contribution in [0.3, 0.4) is 0 Å². The summed E-state index contributed by atoms with van der Waals surface area (Å²) in [5.74, 6) is -1.88. The molecule has 0 aliphatic rings. The molecule has 0 bridgehead atoms. The van der Waals surface area contributed by atoms with Crippen molar-refractivity contribution >= 4 is 17.8 Å². The van der Waals surface area contributed by atoms with Crippen molar-refractivity contribution in [2.24, 2.45) is 0 Å². The normalized spacial score (nSPS) is 12.6. The number of methoxy groups -OCH3 is 1. The Kier molecular flexibility index (Phi) is 7.88. The van der Waals surface area contributed by atoms with E-state index in [1.807, 2.05) is 31.2 Å². The molecule has 7 heteroatoms. The second-order valence-corrected chi connectivity index (χ2v) is 6.86. The van der Waals surface area contributed by atoms with E-state index in [2.05, 4.69) is 10.6 Å². The van der Waals surface area contributed by atoms with E-state index in [9.17, 15) is 18.8 Å². The number of carbonyl (C=O) groups is 3. The Labute approximate surface area is 169 Å². The average molecular weight is 400 g/mol.